The molecule has 0 spiro atoms. The minimum absolute atomic E-state index is 0.164. The molecule has 156 valence electrons. The van der Waals surface area contributed by atoms with E-state index < -0.39 is 11.6 Å². The normalized spacial score (nSPS) is 16.3. The summed E-state index contributed by atoms with van der Waals surface area (Å²) in [5.41, 5.74) is 0.0335. The average Bonchev–Trinajstić information content (AvgIpc) is 2.93. The maximum Gasteiger partial charge on any atom is 0.341 e. The van der Waals surface area contributed by atoms with Crippen molar-refractivity contribution in [1.29, 1.82) is 0 Å². The minimum Gasteiger partial charge on any atom is -0.492 e. The second kappa shape index (κ2) is 10.5. The molecular weight excluding hydrogens is 358 g/mol. The summed E-state index contributed by atoms with van der Waals surface area (Å²) in [5, 5.41) is 2.93. The Bertz CT molecular complexity index is 663. The van der Waals surface area contributed by atoms with Gasteiger partial charge in [-0.25, -0.2) is 4.79 Å². The van der Waals surface area contributed by atoms with Crippen LogP contribution in [0.5, 0.6) is 5.75 Å². The zero-order valence-electron chi connectivity index (χ0n) is 17.5. The van der Waals surface area contributed by atoms with E-state index in [-0.39, 0.29) is 12.5 Å². The smallest absolute Gasteiger partial charge is 0.341 e. The summed E-state index contributed by atoms with van der Waals surface area (Å²) < 4.78 is 16.6. The summed E-state index contributed by atoms with van der Waals surface area (Å²) in [4.78, 5) is 25.4. The summed E-state index contributed by atoms with van der Waals surface area (Å²) in [6.07, 6.45) is 5.58. The number of methoxy groups -OCH3 is 1. The quantitative estimate of drug-likeness (QED) is 0.519. The van der Waals surface area contributed by atoms with E-state index in [0.29, 0.717) is 42.4 Å². The standard InChI is InChI=1S/C22H33NO5/c1-5-27-20(24)18-14-17(10-11-19(18)28-15-16(2)3)23-21(25)22(26-4)12-8-6-7-9-13-22/h10-11,14,16H,5-9,12-13,15H2,1-4H3,(H,23,25). The molecule has 0 radical (unpaired) electrons. The van der Waals surface area contributed by atoms with E-state index in [9.17, 15) is 9.59 Å². The molecule has 1 saturated carbocycles. The van der Waals surface area contributed by atoms with Crippen LogP contribution in [0.1, 0.15) is 69.7 Å². The molecule has 0 unspecified atom stereocenters. The molecule has 0 atom stereocenters. The zero-order valence-corrected chi connectivity index (χ0v) is 17.5. The first-order valence-corrected chi connectivity index (χ1v) is 10.2. The number of carbonyl (C=O) groups is 2. The fourth-order valence-corrected chi connectivity index (χ4v) is 3.43. The monoisotopic (exact) mass is 391 g/mol. The van der Waals surface area contributed by atoms with Crippen molar-refractivity contribution in [2.75, 3.05) is 25.6 Å². The summed E-state index contributed by atoms with van der Waals surface area (Å²) >= 11 is 0. The molecule has 1 fully saturated rings. The van der Waals surface area contributed by atoms with Gasteiger partial charge < -0.3 is 19.5 Å². The van der Waals surface area contributed by atoms with Crippen molar-refractivity contribution in [3.8, 4) is 5.75 Å². The molecule has 28 heavy (non-hydrogen) atoms. The van der Waals surface area contributed by atoms with Crippen molar-refractivity contribution in [2.45, 2.75) is 64.9 Å². The third-order valence-electron chi connectivity index (χ3n) is 5.02. The van der Waals surface area contributed by atoms with Crippen LogP contribution in [0, 0.1) is 5.92 Å². The molecule has 0 aromatic heterocycles. The van der Waals surface area contributed by atoms with E-state index in [1.54, 1.807) is 32.2 Å². The Kier molecular flexibility index (Phi) is 8.30. The number of rotatable bonds is 8. The molecule has 0 aliphatic heterocycles. The van der Waals surface area contributed by atoms with Gasteiger partial charge in [0.25, 0.3) is 5.91 Å². The first-order valence-electron chi connectivity index (χ1n) is 10.2. The summed E-state index contributed by atoms with van der Waals surface area (Å²) in [6, 6.07) is 5.07. The number of amides is 1. The highest BCUT2D eigenvalue weighted by Gasteiger charge is 2.38. The predicted molar refractivity (Wildman–Crippen MR) is 109 cm³/mol. The van der Waals surface area contributed by atoms with Gasteiger partial charge in [0.1, 0.15) is 16.9 Å². The molecule has 0 heterocycles. The van der Waals surface area contributed by atoms with Gasteiger partial charge in [0.15, 0.2) is 0 Å². The minimum atomic E-state index is -0.812. The first kappa shape index (κ1) is 22.2. The maximum atomic E-state index is 13.0. The van der Waals surface area contributed by atoms with Gasteiger partial charge in [-0.3, -0.25) is 4.79 Å². The summed E-state index contributed by atoms with van der Waals surface area (Å²) in [7, 11) is 1.60. The molecule has 1 aromatic rings. The lowest BCUT2D eigenvalue weighted by Gasteiger charge is -2.30. The van der Waals surface area contributed by atoms with Crippen LogP contribution in [-0.2, 0) is 14.3 Å². The van der Waals surface area contributed by atoms with Crippen LogP contribution in [0.2, 0.25) is 0 Å². The van der Waals surface area contributed by atoms with Gasteiger partial charge in [0, 0.05) is 12.8 Å². The molecule has 2 rings (SSSR count). The number of ether oxygens (including phenoxy) is 3. The van der Waals surface area contributed by atoms with Crippen molar-refractivity contribution in [2.24, 2.45) is 5.92 Å². The largest absolute Gasteiger partial charge is 0.492 e. The lowest BCUT2D eigenvalue weighted by molar-refractivity contribution is -0.139. The van der Waals surface area contributed by atoms with Crippen LogP contribution in [0.25, 0.3) is 0 Å². The average molecular weight is 392 g/mol. The number of benzene rings is 1. The van der Waals surface area contributed by atoms with Crippen LogP contribution in [0.15, 0.2) is 18.2 Å². The highest BCUT2D eigenvalue weighted by Crippen LogP contribution is 2.32. The molecular formula is C22H33NO5. The van der Waals surface area contributed by atoms with Crippen LogP contribution < -0.4 is 10.1 Å². The molecule has 1 amide bonds. The Morgan fingerprint density at radius 1 is 1.14 bits per heavy atom. The summed E-state index contributed by atoms with van der Waals surface area (Å²) in [6.45, 7) is 6.59. The number of anilines is 1. The van der Waals surface area contributed by atoms with Crippen molar-refractivity contribution >= 4 is 17.6 Å². The van der Waals surface area contributed by atoms with E-state index in [1.165, 1.54) is 0 Å². The second-order valence-corrected chi connectivity index (χ2v) is 7.70. The van der Waals surface area contributed by atoms with E-state index in [1.807, 2.05) is 13.8 Å². The fraction of sp³-hybridized carbons (Fsp3) is 0.636. The highest BCUT2D eigenvalue weighted by atomic mass is 16.5. The first-order chi connectivity index (χ1) is 13.4. The number of nitrogens with one attached hydrogen (secondary N) is 1. The van der Waals surface area contributed by atoms with Gasteiger partial charge in [-0.15, -0.1) is 0 Å². The lowest BCUT2D eigenvalue weighted by Crippen LogP contribution is -2.44. The van der Waals surface area contributed by atoms with Crippen molar-refractivity contribution < 1.29 is 23.8 Å². The predicted octanol–water partition coefficient (Wildman–Crippen LogP) is 4.58. The van der Waals surface area contributed by atoms with E-state index >= 15 is 0 Å². The Morgan fingerprint density at radius 2 is 1.82 bits per heavy atom. The Hall–Kier alpha value is -2.08. The Balaban J connectivity index is 2.23. The van der Waals surface area contributed by atoms with Crippen LogP contribution in [0.4, 0.5) is 5.69 Å². The molecule has 0 bridgehead atoms. The lowest BCUT2D eigenvalue weighted by atomic mass is 9.93. The number of carbonyl (C=O) groups excluding carboxylic acids is 2. The van der Waals surface area contributed by atoms with Gasteiger partial charge in [-0.1, -0.05) is 39.5 Å². The van der Waals surface area contributed by atoms with Crippen molar-refractivity contribution in [3.63, 3.8) is 0 Å². The van der Waals surface area contributed by atoms with Crippen molar-refractivity contribution in [1.82, 2.24) is 0 Å². The summed E-state index contributed by atoms with van der Waals surface area (Å²) in [5.74, 6) is 0.156. The molecule has 1 aromatic carbocycles. The van der Waals surface area contributed by atoms with E-state index in [2.05, 4.69) is 5.32 Å². The van der Waals surface area contributed by atoms with Gasteiger partial charge >= 0.3 is 5.97 Å². The van der Waals surface area contributed by atoms with Gasteiger partial charge in [0.05, 0.1) is 13.2 Å². The van der Waals surface area contributed by atoms with Crippen molar-refractivity contribution in [3.05, 3.63) is 23.8 Å². The molecule has 1 aliphatic carbocycles. The third-order valence-corrected chi connectivity index (χ3v) is 5.02. The van der Waals surface area contributed by atoms with Crippen LogP contribution in [-0.4, -0.2) is 37.8 Å². The Labute approximate surface area is 167 Å². The SMILES string of the molecule is CCOC(=O)c1cc(NC(=O)C2(OC)CCCCCC2)ccc1OCC(C)C. The molecule has 6 nitrogen and oxygen atoms in total. The molecule has 0 saturated heterocycles. The number of hydrogen-bond acceptors (Lipinski definition) is 5. The topological polar surface area (TPSA) is 73.9 Å². The van der Waals surface area contributed by atoms with Gasteiger partial charge in [-0.2, -0.15) is 0 Å². The van der Waals surface area contributed by atoms with Crippen LogP contribution in [0.3, 0.4) is 0 Å². The molecule has 6 heteroatoms. The highest BCUT2D eigenvalue weighted by molar-refractivity contribution is 5.99. The van der Waals surface area contributed by atoms with Crippen LogP contribution >= 0.6 is 0 Å². The molecule has 1 aliphatic rings. The second-order valence-electron chi connectivity index (χ2n) is 7.70. The Morgan fingerprint density at radius 3 is 2.39 bits per heavy atom. The van der Waals surface area contributed by atoms with Gasteiger partial charge in [-0.05, 0) is 43.9 Å². The van der Waals surface area contributed by atoms with E-state index in [0.717, 1.165) is 25.7 Å². The molecule has 1 N–H and O–H groups in total. The third kappa shape index (κ3) is 5.71. The number of esters is 1. The maximum absolute atomic E-state index is 13.0. The van der Waals surface area contributed by atoms with Gasteiger partial charge in [0.2, 0.25) is 0 Å². The van der Waals surface area contributed by atoms with E-state index in [4.69, 9.17) is 14.2 Å². The zero-order chi connectivity index (χ0) is 20.6. The fourth-order valence-electron chi connectivity index (χ4n) is 3.43. The number of hydrogen-bond donors (Lipinski definition) is 1.